The molecule has 0 aromatic heterocycles. The molecule has 0 radical (unpaired) electrons. The van der Waals surface area contributed by atoms with Gasteiger partial charge in [-0.15, -0.1) is 0 Å². The molecule has 0 amide bonds. The molecule has 2 aliphatic rings. The molecule has 0 aromatic carbocycles. The van der Waals surface area contributed by atoms with Crippen molar-refractivity contribution in [3.63, 3.8) is 0 Å². The summed E-state index contributed by atoms with van der Waals surface area (Å²) in [7, 11) is 0. The smallest absolute Gasteiger partial charge is 0.136 e. The van der Waals surface area contributed by atoms with Crippen molar-refractivity contribution >= 4 is 12.2 Å². The predicted octanol–water partition coefficient (Wildman–Crippen LogP) is 0.956. The molecule has 0 aliphatic carbocycles. The van der Waals surface area contributed by atoms with Gasteiger partial charge in [0.05, 0.1) is 5.92 Å². The van der Waals surface area contributed by atoms with Crippen LogP contribution in [0.1, 0.15) is 20.8 Å². The van der Waals surface area contributed by atoms with Crippen molar-refractivity contribution < 1.29 is 0 Å². The van der Waals surface area contributed by atoms with E-state index in [1.165, 1.54) is 5.57 Å². The Kier molecular flexibility index (Phi) is 2.06. The molecule has 0 fully saturated rings. The fourth-order valence-electron chi connectivity index (χ4n) is 2.05. The summed E-state index contributed by atoms with van der Waals surface area (Å²) in [6.45, 7) is 6.40. The normalized spacial score (nSPS) is 30.4. The van der Waals surface area contributed by atoms with E-state index in [0.29, 0.717) is 11.9 Å². The molecule has 2 atom stereocenters. The van der Waals surface area contributed by atoms with E-state index in [1.54, 1.807) is 6.34 Å². The van der Waals surface area contributed by atoms with Gasteiger partial charge >= 0.3 is 0 Å². The quantitative estimate of drug-likeness (QED) is 0.672. The maximum atomic E-state index is 5.86. The maximum Gasteiger partial charge on any atom is 0.136 e. The van der Waals surface area contributed by atoms with Gasteiger partial charge in [0.15, 0.2) is 0 Å². The second kappa shape index (κ2) is 3.12. The summed E-state index contributed by atoms with van der Waals surface area (Å²) in [5.74, 6) is 0.865. The number of nitrogens with zero attached hydrogens (tertiary/aromatic N) is 3. The first kappa shape index (κ1) is 9.24. The van der Waals surface area contributed by atoms with Gasteiger partial charge in [0.1, 0.15) is 18.3 Å². The summed E-state index contributed by atoms with van der Waals surface area (Å²) in [5.41, 5.74) is 7.12. The summed E-state index contributed by atoms with van der Waals surface area (Å²) in [5, 5.41) is 0. The van der Waals surface area contributed by atoms with E-state index in [2.05, 4.69) is 41.9 Å². The van der Waals surface area contributed by atoms with Crippen molar-refractivity contribution in [3.8, 4) is 0 Å². The lowest BCUT2D eigenvalue weighted by Crippen LogP contribution is -2.42. The van der Waals surface area contributed by atoms with Crippen LogP contribution in [0.25, 0.3) is 0 Å². The third-order valence-electron chi connectivity index (χ3n) is 2.79. The van der Waals surface area contributed by atoms with Crippen LogP contribution in [0.5, 0.6) is 0 Å². The SMILES string of the molecule is CC1=CN(C(C)C)C2N=CN=C(N)C12. The van der Waals surface area contributed by atoms with Crippen molar-refractivity contribution in [2.24, 2.45) is 21.6 Å². The maximum absolute atomic E-state index is 5.86. The summed E-state index contributed by atoms with van der Waals surface area (Å²) in [4.78, 5) is 10.7. The number of amidine groups is 1. The van der Waals surface area contributed by atoms with E-state index < -0.39 is 0 Å². The Bertz CT molecular complexity index is 327. The topological polar surface area (TPSA) is 54.0 Å². The molecule has 76 valence electrons. The van der Waals surface area contributed by atoms with Crippen LogP contribution >= 0.6 is 0 Å². The fourth-order valence-corrected chi connectivity index (χ4v) is 2.05. The first-order valence-electron chi connectivity index (χ1n) is 4.92. The first-order valence-corrected chi connectivity index (χ1v) is 4.92. The minimum absolute atomic E-state index is 0.132. The van der Waals surface area contributed by atoms with Crippen LogP contribution in [-0.2, 0) is 0 Å². The summed E-state index contributed by atoms with van der Waals surface area (Å²) >= 11 is 0. The van der Waals surface area contributed by atoms with E-state index in [1.807, 2.05) is 0 Å². The van der Waals surface area contributed by atoms with Gasteiger partial charge in [-0.3, -0.25) is 0 Å². The molecule has 2 unspecified atom stereocenters. The van der Waals surface area contributed by atoms with Gasteiger partial charge < -0.3 is 10.6 Å². The molecule has 0 bridgehead atoms. The zero-order valence-corrected chi connectivity index (χ0v) is 8.81. The Hall–Kier alpha value is -1.32. The fraction of sp³-hybridized carbons (Fsp3) is 0.600. The first-order chi connectivity index (χ1) is 6.61. The molecule has 2 aliphatic heterocycles. The molecule has 14 heavy (non-hydrogen) atoms. The van der Waals surface area contributed by atoms with Gasteiger partial charge in [0.2, 0.25) is 0 Å². The van der Waals surface area contributed by atoms with Gasteiger partial charge in [-0.05, 0) is 26.3 Å². The molecule has 2 rings (SSSR count). The van der Waals surface area contributed by atoms with Crippen LogP contribution in [-0.4, -0.2) is 29.3 Å². The van der Waals surface area contributed by atoms with Crippen molar-refractivity contribution in [1.82, 2.24) is 4.90 Å². The Labute approximate surface area is 84.2 Å². The van der Waals surface area contributed by atoms with E-state index in [-0.39, 0.29) is 12.1 Å². The Morgan fingerprint density at radius 3 is 2.86 bits per heavy atom. The summed E-state index contributed by atoms with van der Waals surface area (Å²) < 4.78 is 0. The van der Waals surface area contributed by atoms with Crippen LogP contribution < -0.4 is 5.73 Å². The van der Waals surface area contributed by atoms with Gasteiger partial charge in [-0.25, -0.2) is 9.98 Å². The van der Waals surface area contributed by atoms with Crippen molar-refractivity contribution in [3.05, 3.63) is 11.8 Å². The molecular formula is C10H16N4. The minimum atomic E-state index is 0.132. The van der Waals surface area contributed by atoms with E-state index in [4.69, 9.17) is 5.73 Å². The molecule has 0 saturated carbocycles. The lowest BCUT2D eigenvalue weighted by Gasteiger charge is -2.30. The monoisotopic (exact) mass is 192 g/mol. The average molecular weight is 192 g/mol. The number of fused-ring (bicyclic) bond motifs is 1. The van der Waals surface area contributed by atoms with Crippen LogP contribution in [0.3, 0.4) is 0 Å². The number of hydrogen-bond acceptors (Lipinski definition) is 4. The zero-order valence-electron chi connectivity index (χ0n) is 8.81. The van der Waals surface area contributed by atoms with E-state index in [9.17, 15) is 0 Å². The van der Waals surface area contributed by atoms with Crippen molar-refractivity contribution in [2.45, 2.75) is 33.0 Å². The Morgan fingerprint density at radius 2 is 2.21 bits per heavy atom. The predicted molar refractivity (Wildman–Crippen MR) is 58.1 cm³/mol. The van der Waals surface area contributed by atoms with Crippen molar-refractivity contribution in [1.29, 1.82) is 0 Å². The highest BCUT2D eigenvalue weighted by molar-refractivity contribution is 5.93. The number of nitrogens with two attached hydrogens (primary N) is 1. The Balaban J connectivity index is 2.32. The van der Waals surface area contributed by atoms with Gasteiger partial charge in [0.25, 0.3) is 0 Å². The number of aliphatic imine (C=N–C) groups is 2. The molecule has 4 heteroatoms. The third-order valence-corrected chi connectivity index (χ3v) is 2.79. The molecule has 0 saturated heterocycles. The third kappa shape index (κ3) is 1.22. The lowest BCUT2D eigenvalue weighted by molar-refractivity contribution is 0.237. The highest BCUT2D eigenvalue weighted by Crippen LogP contribution is 2.31. The van der Waals surface area contributed by atoms with Crippen LogP contribution in [0, 0.1) is 5.92 Å². The zero-order chi connectivity index (χ0) is 10.3. The molecule has 0 spiro atoms. The van der Waals surface area contributed by atoms with Crippen LogP contribution in [0.4, 0.5) is 0 Å². The highest BCUT2D eigenvalue weighted by Gasteiger charge is 2.37. The molecule has 0 aromatic rings. The largest absolute Gasteiger partial charge is 0.386 e. The lowest BCUT2D eigenvalue weighted by atomic mass is 9.99. The second-order valence-electron chi connectivity index (χ2n) is 4.12. The van der Waals surface area contributed by atoms with Gasteiger partial charge in [-0.1, -0.05) is 0 Å². The average Bonchev–Trinajstić information content (AvgIpc) is 2.45. The molecule has 4 nitrogen and oxygen atoms in total. The van der Waals surface area contributed by atoms with Crippen LogP contribution in [0.2, 0.25) is 0 Å². The van der Waals surface area contributed by atoms with E-state index >= 15 is 0 Å². The minimum Gasteiger partial charge on any atom is -0.386 e. The number of rotatable bonds is 1. The summed E-state index contributed by atoms with van der Waals surface area (Å²) in [6.07, 6.45) is 3.84. The summed E-state index contributed by atoms with van der Waals surface area (Å²) in [6, 6.07) is 0.447. The molecule has 2 N–H and O–H groups in total. The standard InChI is InChI=1S/C10H16N4/c1-6(2)14-4-7(3)8-9(11)12-5-13-10(8)14/h4-6,8,10H,1-3H3,(H2,11,12,13). The van der Waals surface area contributed by atoms with Crippen LogP contribution in [0.15, 0.2) is 21.8 Å². The number of hydrogen-bond donors (Lipinski definition) is 1. The highest BCUT2D eigenvalue weighted by atomic mass is 15.3. The molecule has 2 heterocycles. The Morgan fingerprint density at radius 1 is 1.50 bits per heavy atom. The van der Waals surface area contributed by atoms with Gasteiger partial charge in [0, 0.05) is 12.2 Å². The molecular weight excluding hydrogens is 176 g/mol. The second-order valence-corrected chi connectivity index (χ2v) is 4.12. The van der Waals surface area contributed by atoms with Crippen molar-refractivity contribution in [2.75, 3.05) is 0 Å². The van der Waals surface area contributed by atoms with E-state index in [0.717, 1.165) is 0 Å². The van der Waals surface area contributed by atoms with Gasteiger partial charge in [-0.2, -0.15) is 0 Å².